The van der Waals surface area contributed by atoms with Crippen molar-refractivity contribution < 1.29 is 4.42 Å². The van der Waals surface area contributed by atoms with Gasteiger partial charge in [0.1, 0.15) is 11.2 Å². The predicted molar refractivity (Wildman–Crippen MR) is 261 cm³/mol. The standard InChI is InChI=1S/C61H39NO/c1-3-15-40(16-4-1)42-27-31-44(32-28-42)62(45-33-29-43(30-34-45)41-17-5-2-6-18-41)46-35-37-56-53(39-46)48-20-8-7-19-47(48)49-21-9-12-24-54(49)61(56)55-25-13-10-23-52(55)59-57(61)38-36-51-50-22-11-14-26-58(50)63-60(51)59/h1-39H. The number of anilines is 3. The van der Waals surface area contributed by atoms with Crippen LogP contribution in [-0.2, 0) is 5.41 Å². The van der Waals surface area contributed by atoms with Crippen LogP contribution in [0.2, 0.25) is 0 Å². The van der Waals surface area contributed by atoms with E-state index in [0.717, 1.165) is 39.0 Å². The fourth-order valence-electron chi connectivity index (χ4n) is 10.8. The Hall–Kier alpha value is -8.20. The van der Waals surface area contributed by atoms with Gasteiger partial charge in [-0.2, -0.15) is 0 Å². The van der Waals surface area contributed by atoms with Crippen LogP contribution in [0.1, 0.15) is 22.3 Å². The smallest absolute Gasteiger partial charge is 0.143 e. The first kappa shape index (κ1) is 35.5. The molecule has 11 aromatic rings. The molecule has 63 heavy (non-hydrogen) atoms. The molecule has 0 radical (unpaired) electrons. The van der Waals surface area contributed by atoms with Crippen molar-refractivity contribution in [3.8, 4) is 55.6 Å². The fourth-order valence-corrected chi connectivity index (χ4v) is 10.8. The summed E-state index contributed by atoms with van der Waals surface area (Å²) in [4.78, 5) is 2.41. The van der Waals surface area contributed by atoms with Crippen molar-refractivity contribution in [1.29, 1.82) is 0 Å². The fraction of sp³-hybridized carbons (Fsp3) is 0.0164. The Bertz CT molecular complexity index is 3470. The second-order valence-electron chi connectivity index (χ2n) is 16.7. The summed E-state index contributed by atoms with van der Waals surface area (Å²) in [6.07, 6.45) is 0. The van der Waals surface area contributed by atoms with Crippen molar-refractivity contribution >= 4 is 39.0 Å². The zero-order valence-corrected chi connectivity index (χ0v) is 34.4. The maximum atomic E-state index is 6.87. The summed E-state index contributed by atoms with van der Waals surface area (Å²) in [7, 11) is 0. The van der Waals surface area contributed by atoms with Gasteiger partial charge in [-0.05, 0) is 115 Å². The van der Waals surface area contributed by atoms with E-state index in [-0.39, 0.29) is 0 Å². The lowest BCUT2D eigenvalue weighted by Crippen LogP contribution is -2.29. The van der Waals surface area contributed by atoms with Crippen LogP contribution in [0.15, 0.2) is 241 Å². The van der Waals surface area contributed by atoms with E-state index in [4.69, 9.17) is 4.42 Å². The maximum Gasteiger partial charge on any atom is 0.143 e. The molecule has 1 atom stereocenters. The molecule has 1 spiro atoms. The summed E-state index contributed by atoms with van der Waals surface area (Å²) in [5.74, 6) is 0. The normalized spacial score (nSPS) is 14.4. The first-order valence-electron chi connectivity index (χ1n) is 21.8. The maximum absolute atomic E-state index is 6.87. The van der Waals surface area contributed by atoms with Crippen LogP contribution in [0.3, 0.4) is 0 Å². The molecule has 0 N–H and O–H groups in total. The molecule has 2 aliphatic carbocycles. The van der Waals surface area contributed by atoms with Crippen molar-refractivity contribution in [3.63, 3.8) is 0 Å². The number of hydrogen-bond acceptors (Lipinski definition) is 2. The van der Waals surface area contributed by atoms with Crippen molar-refractivity contribution in [2.24, 2.45) is 0 Å². The molecule has 0 bridgehead atoms. The molecular formula is C61H39NO. The molecule has 0 fully saturated rings. The van der Waals surface area contributed by atoms with Crippen LogP contribution in [-0.4, -0.2) is 0 Å². The summed E-state index contributed by atoms with van der Waals surface area (Å²) in [6, 6.07) is 86.6. The highest BCUT2D eigenvalue weighted by Gasteiger charge is 2.50. The summed E-state index contributed by atoms with van der Waals surface area (Å²) in [5, 5.41) is 2.28. The van der Waals surface area contributed by atoms with Crippen LogP contribution in [0.4, 0.5) is 17.1 Å². The lowest BCUT2D eigenvalue weighted by Gasteiger charge is -2.36. The second kappa shape index (κ2) is 13.9. The van der Waals surface area contributed by atoms with E-state index >= 15 is 0 Å². The minimum Gasteiger partial charge on any atom is -0.455 e. The molecule has 0 amide bonds. The van der Waals surface area contributed by atoms with E-state index in [0.29, 0.717) is 0 Å². The number of benzene rings is 10. The molecule has 0 aliphatic heterocycles. The van der Waals surface area contributed by atoms with Crippen molar-refractivity contribution in [1.82, 2.24) is 0 Å². The molecule has 0 saturated heterocycles. The Morgan fingerprint density at radius 2 is 0.762 bits per heavy atom. The number of rotatable bonds is 5. The Kier molecular flexibility index (Phi) is 7.85. The molecule has 2 nitrogen and oxygen atoms in total. The Morgan fingerprint density at radius 3 is 1.41 bits per heavy atom. The molecule has 1 heterocycles. The average molecular weight is 802 g/mol. The number of para-hydroxylation sites is 1. The zero-order valence-electron chi connectivity index (χ0n) is 34.4. The summed E-state index contributed by atoms with van der Waals surface area (Å²) in [6.45, 7) is 0. The molecule has 2 aliphatic rings. The highest BCUT2D eigenvalue weighted by atomic mass is 16.3. The predicted octanol–water partition coefficient (Wildman–Crippen LogP) is 16.4. The van der Waals surface area contributed by atoms with Gasteiger partial charge in [-0.1, -0.05) is 194 Å². The van der Waals surface area contributed by atoms with Gasteiger partial charge in [0, 0.05) is 33.4 Å². The number of hydrogen-bond donors (Lipinski definition) is 0. The molecule has 1 unspecified atom stereocenters. The first-order chi connectivity index (χ1) is 31.3. The van der Waals surface area contributed by atoms with Crippen molar-refractivity contribution in [2.45, 2.75) is 5.41 Å². The van der Waals surface area contributed by atoms with Gasteiger partial charge in [0.15, 0.2) is 0 Å². The largest absolute Gasteiger partial charge is 0.455 e. The van der Waals surface area contributed by atoms with Gasteiger partial charge in [-0.25, -0.2) is 0 Å². The molecule has 13 rings (SSSR count). The monoisotopic (exact) mass is 801 g/mol. The number of furan rings is 1. The average Bonchev–Trinajstić information content (AvgIpc) is 3.86. The van der Waals surface area contributed by atoms with Gasteiger partial charge in [0.2, 0.25) is 0 Å². The molecule has 1 aromatic heterocycles. The van der Waals surface area contributed by atoms with E-state index in [9.17, 15) is 0 Å². The third-order valence-electron chi connectivity index (χ3n) is 13.5. The SMILES string of the molecule is c1ccc(-c2ccc(N(c3ccc(-c4ccccc4)cc3)c3ccc4c(c3)-c3ccccc3-c3ccccc3C43c4ccccc4-c4c3ccc3c4oc4ccccc43)cc2)cc1. The molecule has 0 saturated carbocycles. The third kappa shape index (κ3) is 5.25. The van der Waals surface area contributed by atoms with E-state index in [2.05, 4.69) is 241 Å². The lowest BCUT2D eigenvalue weighted by atomic mass is 9.66. The molecular weight excluding hydrogens is 763 g/mol. The Morgan fingerprint density at radius 1 is 0.302 bits per heavy atom. The first-order valence-corrected chi connectivity index (χ1v) is 21.8. The molecule has 294 valence electrons. The summed E-state index contributed by atoms with van der Waals surface area (Å²) >= 11 is 0. The van der Waals surface area contributed by atoms with Gasteiger partial charge in [0.25, 0.3) is 0 Å². The topological polar surface area (TPSA) is 16.4 Å². The number of fused-ring (bicyclic) bond motifs is 16. The van der Waals surface area contributed by atoms with Gasteiger partial charge in [-0.15, -0.1) is 0 Å². The highest BCUT2D eigenvalue weighted by Crippen LogP contribution is 2.63. The Balaban J connectivity index is 1.08. The quantitative estimate of drug-likeness (QED) is 0.172. The Labute approximate surface area is 366 Å². The van der Waals surface area contributed by atoms with E-state index in [1.807, 2.05) is 0 Å². The van der Waals surface area contributed by atoms with Crippen LogP contribution >= 0.6 is 0 Å². The van der Waals surface area contributed by atoms with Gasteiger partial charge >= 0.3 is 0 Å². The molecule has 10 aromatic carbocycles. The summed E-state index contributed by atoms with van der Waals surface area (Å²) in [5.41, 5.74) is 21.6. The van der Waals surface area contributed by atoms with E-state index in [1.54, 1.807) is 0 Å². The highest BCUT2D eigenvalue weighted by molar-refractivity contribution is 6.13. The van der Waals surface area contributed by atoms with Crippen molar-refractivity contribution in [3.05, 3.63) is 259 Å². The third-order valence-corrected chi connectivity index (χ3v) is 13.5. The van der Waals surface area contributed by atoms with Gasteiger partial charge < -0.3 is 9.32 Å². The van der Waals surface area contributed by atoms with Crippen LogP contribution in [0.25, 0.3) is 77.6 Å². The van der Waals surface area contributed by atoms with Gasteiger partial charge in [-0.3, -0.25) is 0 Å². The van der Waals surface area contributed by atoms with Crippen LogP contribution in [0.5, 0.6) is 0 Å². The minimum absolute atomic E-state index is 0.637. The zero-order chi connectivity index (χ0) is 41.5. The van der Waals surface area contributed by atoms with Gasteiger partial charge in [0.05, 0.1) is 5.41 Å². The van der Waals surface area contributed by atoms with Crippen molar-refractivity contribution in [2.75, 3.05) is 4.90 Å². The summed E-state index contributed by atoms with van der Waals surface area (Å²) < 4.78 is 6.87. The van der Waals surface area contributed by atoms with E-state index in [1.165, 1.54) is 77.9 Å². The van der Waals surface area contributed by atoms with Crippen LogP contribution < -0.4 is 4.90 Å². The van der Waals surface area contributed by atoms with Crippen LogP contribution in [0, 0.1) is 0 Å². The van der Waals surface area contributed by atoms with E-state index < -0.39 is 5.41 Å². The minimum atomic E-state index is -0.637. The molecule has 2 heteroatoms. The second-order valence-corrected chi connectivity index (χ2v) is 16.7. The number of nitrogens with zero attached hydrogens (tertiary/aromatic N) is 1. The lowest BCUT2D eigenvalue weighted by molar-refractivity contribution is 0.669.